The maximum atomic E-state index is 12.5. The third-order valence-electron chi connectivity index (χ3n) is 4.27. The summed E-state index contributed by atoms with van der Waals surface area (Å²) in [6.45, 7) is 5.28. The van der Waals surface area contributed by atoms with E-state index < -0.39 is 5.97 Å². The number of amides is 2. The lowest BCUT2D eigenvalue weighted by molar-refractivity contribution is 0.0690. The number of aryl methyl sites for hydroxylation is 2. The first-order valence-corrected chi connectivity index (χ1v) is 8.06. The molecule has 1 aliphatic heterocycles. The molecule has 1 aliphatic rings. The highest BCUT2D eigenvalue weighted by Gasteiger charge is 2.26. The average molecular weight is 348 g/mol. The Kier molecular flexibility index (Phi) is 4.68. The molecule has 2 aromatic rings. The van der Waals surface area contributed by atoms with Gasteiger partial charge >= 0.3 is 12.0 Å². The van der Waals surface area contributed by atoms with E-state index in [0.717, 1.165) is 12.8 Å². The minimum absolute atomic E-state index is 0.0798. The van der Waals surface area contributed by atoms with Crippen LogP contribution >= 0.6 is 0 Å². The van der Waals surface area contributed by atoms with E-state index in [-0.39, 0.29) is 17.6 Å². The number of carbonyl (C=O) groups excluding carboxylic acids is 1. The summed E-state index contributed by atoms with van der Waals surface area (Å²) in [5.74, 6) is -0.342. The van der Waals surface area contributed by atoms with Crippen molar-refractivity contribution >= 4 is 17.7 Å². The van der Waals surface area contributed by atoms with Crippen molar-refractivity contribution in [2.75, 3.05) is 18.4 Å². The zero-order valence-electron chi connectivity index (χ0n) is 14.1. The summed E-state index contributed by atoms with van der Waals surface area (Å²) < 4.78 is 6.57. The number of carboxylic acid groups (broad SMARTS) is 1. The molecule has 10 heteroatoms. The van der Waals surface area contributed by atoms with E-state index in [1.165, 1.54) is 10.9 Å². The zero-order chi connectivity index (χ0) is 18.0. The lowest BCUT2D eigenvalue weighted by Crippen LogP contribution is -2.43. The van der Waals surface area contributed by atoms with Crippen LogP contribution < -0.4 is 5.32 Å². The van der Waals surface area contributed by atoms with Gasteiger partial charge in [-0.1, -0.05) is 10.4 Å². The van der Waals surface area contributed by atoms with Gasteiger partial charge in [0.05, 0.1) is 6.20 Å². The number of carboxylic acids is 1. The van der Waals surface area contributed by atoms with Gasteiger partial charge in [0.15, 0.2) is 11.5 Å². The number of aromatic carboxylic acids is 1. The summed E-state index contributed by atoms with van der Waals surface area (Å²) in [5, 5.41) is 23.0. The molecule has 2 aromatic heterocycles. The molecule has 2 amide bonds. The quantitative estimate of drug-likeness (QED) is 0.857. The number of rotatable bonds is 4. The van der Waals surface area contributed by atoms with Crippen molar-refractivity contribution in [1.29, 1.82) is 0 Å². The van der Waals surface area contributed by atoms with E-state index in [1.54, 1.807) is 18.7 Å². The second-order valence-electron chi connectivity index (χ2n) is 6.21. The topological polar surface area (TPSA) is 126 Å². The normalized spacial score (nSPS) is 17.5. The Hall–Kier alpha value is -2.91. The molecule has 0 aliphatic carbocycles. The van der Waals surface area contributed by atoms with Gasteiger partial charge in [-0.3, -0.25) is 4.68 Å². The fourth-order valence-corrected chi connectivity index (χ4v) is 3.00. The van der Waals surface area contributed by atoms with Crippen LogP contribution in [0.3, 0.4) is 0 Å². The van der Waals surface area contributed by atoms with Crippen molar-refractivity contribution in [3.05, 3.63) is 23.3 Å². The molecule has 0 bridgehead atoms. The van der Waals surface area contributed by atoms with E-state index in [4.69, 9.17) is 9.63 Å². The Morgan fingerprint density at radius 3 is 2.88 bits per heavy atom. The third kappa shape index (κ3) is 3.78. The molecular weight excluding hydrogens is 328 g/mol. The molecule has 0 saturated carbocycles. The van der Waals surface area contributed by atoms with Crippen molar-refractivity contribution in [3.63, 3.8) is 0 Å². The van der Waals surface area contributed by atoms with E-state index in [1.807, 2.05) is 0 Å². The van der Waals surface area contributed by atoms with Crippen LogP contribution in [0, 0.1) is 19.8 Å². The molecule has 1 atom stereocenters. The first-order valence-electron chi connectivity index (χ1n) is 8.06. The van der Waals surface area contributed by atoms with Crippen LogP contribution in [0.25, 0.3) is 0 Å². The van der Waals surface area contributed by atoms with Crippen LogP contribution in [0.2, 0.25) is 0 Å². The number of anilines is 1. The Balaban J connectivity index is 1.60. The Labute approximate surface area is 143 Å². The maximum absolute atomic E-state index is 12.5. The van der Waals surface area contributed by atoms with E-state index >= 15 is 0 Å². The molecule has 25 heavy (non-hydrogen) atoms. The lowest BCUT2D eigenvalue weighted by atomic mass is 9.98. The number of urea groups is 1. The molecule has 3 heterocycles. The van der Waals surface area contributed by atoms with Crippen LogP contribution in [0.5, 0.6) is 0 Å². The maximum Gasteiger partial charge on any atom is 0.358 e. The number of nitrogens with zero attached hydrogens (tertiary/aromatic N) is 5. The van der Waals surface area contributed by atoms with Crippen LogP contribution in [0.1, 0.15) is 34.8 Å². The van der Waals surface area contributed by atoms with Gasteiger partial charge in [-0.05, 0) is 32.6 Å². The summed E-state index contributed by atoms with van der Waals surface area (Å²) in [6, 6.07) is -0.191. The van der Waals surface area contributed by atoms with E-state index in [9.17, 15) is 9.59 Å². The fraction of sp³-hybridized carbons (Fsp3) is 0.533. The Bertz CT molecular complexity index is 763. The lowest BCUT2D eigenvalue weighted by Gasteiger charge is -2.32. The van der Waals surface area contributed by atoms with Crippen LogP contribution in [-0.2, 0) is 6.54 Å². The highest BCUT2D eigenvalue weighted by Crippen LogP contribution is 2.22. The van der Waals surface area contributed by atoms with Crippen molar-refractivity contribution in [3.8, 4) is 0 Å². The first-order chi connectivity index (χ1) is 11.9. The molecule has 10 nitrogen and oxygen atoms in total. The highest BCUT2D eigenvalue weighted by atomic mass is 16.5. The molecule has 2 N–H and O–H groups in total. The summed E-state index contributed by atoms with van der Waals surface area (Å²) in [6.07, 6.45) is 3.22. The minimum Gasteiger partial charge on any atom is -0.476 e. The van der Waals surface area contributed by atoms with Gasteiger partial charge in [0.1, 0.15) is 11.4 Å². The Morgan fingerprint density at radius 1 is 1.44 bits per heavy atom. The van der Waals surface area contributed by atoms with Crippen LogP contribution in [0.15, 0.2) is 10.7 Å². The number of hydrogen-bond donors (Lipinski definition) is 2. The predicted molar refractivity (Wildman–Crippen MR) is 86.3 cm³/mol. The number of piperidine rings is 1. The number of carbonyl (C=O) groups is 2. The highest BCUT2D eigenvalue weighted by molar-refractivity contribution is 5.90. The molecule has 0 radical (unpaired) electrons. The monoisotopic (exact) mass is 348 g/mol. The third-order valence-corrected chi connectivity index (χ3v) is 4.27. The Morgan fingerprint density at radius 2 is 2.24 bits per heavy atom. The molecule has 0 spiro atoms. The number of hydrogen-bond acceptors (Lipinski definition) is 6. The first kappa shape index (κ1) is 16.9. The smallest absolute Gasteiger partial charge is 0.358 e. The SMILES string of the molecule is Cc1noc(C)c1NC(=O)N1CCCC(Cn2cc(C(=O)O)nn2)C1. The van der Waals surface area contributed by atoms with Gasteiger partial charge in [0.2, 0.25) is 0 Å². The molecule has 3 rings (SSSR count). The molecular formula is C15H20N6O4. The fourth-order valence-electron chi connectivity index (χ4n) is 3.00. The second-order valence-corrected chi connectivity index (χ2v) is 6.21. The van der Waals surface area contributed by atoms with Crippen molar-refractivity contribution < 1.29 is 19.2 Å². The van der Waals surface area contributed by atoms with E-state index in [2.05, 4.69) is 20.8 Å². The summed E-state index contributed by atoms with van der Waals surface area (Å²) in [5.41, 5.74) is 1.17. The predicted octanol–water partition coefficient (Wildman–Crippen LogP) is 1.53. The second kappa shape index (κ2) is 6.91. The van der Waals surface area contributed by atoms with Gasteiger partial charge in [-0.15, -0.1) is 5.10 Å². The molecule has 134 valence electrons. The number of nitrogens with one attached hydrogen (secondary N) is 1. The standard InChI is InChI=1S/C15H20N6O4/c1-9-13(10(2)25-18-9)16-15(24)20-5-3-4-11(6-20)7-21-8-12(14(22)23)17-19-21/h8,11H,3-7H2,1-2H3,(H,16,24)(H,22,23). The van der Waals surface area contributed by atoms with Crippen LogP contribution in [-0.4, -0.2) is 55.2 Å². The van der Waals surface area contributed by atoms with Crippen LogP contribution in [0.4, 0.5) is 10.5 Å². The van der Waals surface area contributed by atoms with Crippen molar-refractivity contribution in [1.82, 2.24) is 25.1 Å². The molecule has 1 saturated heterocycles. The minimum atomic E-state index is -1.10. The zero-order valence-corrected chi connectivity index (χ0v) is 14.1. The van der Waals surface area contributed by atoms with Crippen molar-refractivity contribution in [2.24, 2.45) is 5.92 Å². The molecule has 0 aromatic carbocycles. The number of likely N-dealkylation sites (tertiary alicyclic amines) is 1. The molecule has 1 unspecified atom stereocenters. The summed E-state index contributed by atoms with van der Waals surface area (Å²) in [4.78, 5) is 25.1. The molecule has 1 fully saturated rings. The summed E-state index contributed by atoms with van der Waals surface area (Å²) in [7, 11) is 0. The van der Waals surface area contributed by atoms with Gasteiger partial charge in [-0.2, -0.15) is 0 Å². The van der Waals surface area contributed by atoms with Gasteiger partial charge in [0, 0.05) is 19.6 Å². The van der Waals surface area contributed by atoms with Gasteiger partial charge in [0.25, 0.3) is 0 Å². The largest absolute Gasteiger partial charge is 0.476 e. The summed E-state index contributed by atoms with van der Waals surface area (Å²) >= 11 is 0. The van der Waals surface area contributed by atoms with E-state index in [0.29, 0.717) is 36.8 Å². The number of aromatic nitrogens is 4. The van der Waals surface area contributed by atoms with Crippen molar-refractivity contribution in [2.45, 2.75) is 33.2 Å². The van der Waals surface area contributed by atoms with Gasteiger partial charge in [-0.25, -0.2) is 9.59 Å². The average Bonchev–Trinajstić information content (AvgIpc) is 3.17. The van der Waals surface area contributed by atoms with Gasteiger partial charge < -0.3 is 19.8 Å².